The highest BCUT2D eigenvalue weighted by Gasteiger charge is 2.27. The van der Waals surface area contributed by atoms with Gasteiger partial charge in [0.15, 0.2) is 0 Å². The van der Waals surface area contributed by atoms with Crippen LogP contribution in [0.25, 0.3) is 0 Å². The molecule has 3 atom stereocenters. The molecule has 1 aliphatic carbocycles. The van der Waals surface area contributed by atoms with E-state index in [0.717, 1.165) is 24.8 Å². The molecule has 1 aromatic carbocycles. The van der Waals surface area contributed by atoms with Crippen LogP contribution < -0.4 is 10.0 Å². The van der Waals surface area contributed by atoms with Crippen molar-refractivity contribution in [3.8, 4) is 0 Å². The number of anilines is 2. The average Bonchev–Trinajstić information content (AvgIpc) is 3.20. The van der Waals surface area contributed by atoms with Crippen LogP contribution in [0.1, 0.15) is 43.6 Å². The van der Waals surface area contributed by atoms with Crippen LogP contribution in [0.2, 0.25) is 5.02 Å². The lowest BCUT2D eigenvalue weighted by molar-refractivity contribution is -0.118. The molecule has 0 bridgehead atoms. The minimum Gasteiger partial charge on any atom is -0.310 e. The average molecular weight is 468 g/mol. The van der Waals surface area contributed by atoms with Crippen LogP contribution in [0.15, 0.2) is 41.4 Å². The van der Waals surface area contributed by atoms with Gasteiger partial charge in [-0.2, -0.15) is 0 Å². The molecule has 1 aromatic heterocycles. The van der Waals surface area contributed by atoms with Crippen molar-refractivity contribution in [3.05, 3.63) is 47.1 Å². The lowest BCUT2D eigenvalue weighted by Crippen LogP contribution is -2.23. The molecule has 3 unspecified atom stereocenters. The van der Waals surface area contributed by atoms with E-state index < -0.39 is 21.8 Å². The summed E-state index contributed by atoms with van der Waals surface area (Å²) in [5, 5.41) is 3.31. The minimum atomic E-state index is -1.19. The van der Waals surface area contributed by atoms with E-state index in [4.69, 9.17) is 11.6 Å². The van der Waals surface area contributed by atoms with Gasteiger partial charge >= 0.3 is 0 Å². The number of nitrogens with one attached hydrogen (secondary N) is 2. The Morgan fingerprint density at radius 3 is 2.50 bits per heavy atom. The van der Waals surface area contributed by atoms with Crippen molar-refractivity contribution >= 4 is 50.8 Å². The van der Waals surface area contributed by atoms with Crippen LogP contribution in [0.5, 0.6) is 0 Å². The second-order valence-corrected chi connectivity index (χ2v) is 10.4. The summed E-state index contributed by atoms with van der Waals surface area (Å²) in [6, 6.07) is 8.74. The fraction of sp³-hybridized carbons (Fsp3) is 0.429. The van der Waals surface area contributed by atoms with E-state index in [1.807, 2.05) is 6.07 Å². The molecule has 1 amide bonds. The first-order valence-electron chi connectivity index (χ1n) is 9.83. The molecule has 2 aromatic rings. The Morgan fingerprint density at radius 1 is 1.20 bits per heavy atom. The van der Waals surface area contributed by atoms with Crippen molar-refractivity contribution in [2.24, 2.45) is 5.92 Å². The van der Waals surface area contributed by atoms with Gasteiger partial charge in [0.05, 0.1) is 38.5 Å². The minimum absolute atomic E-state index is 0.143. The van der Waals surface area contributed by atoms with Crippen molar-refractivity contribution in [1.82, 2.24) is 4.98 Å². The quantitative estimate of drug-likeness (QED) is 0.599. The summed E-state index contributed by atoms with van der Waals surface area (Å²) in [6.45, 7) is 0. The third-order valence-electron chi connectivity index (χ3n) is 5.30. The van der Waals surface area contributed by atoms with Gasteiger partial charge in [-0.1, -0.05) is 43.4 Å². The number of amides is 1. The Labute approximate surface area is 187 Å². The predicted octanol–water partition coefficient (Wildman–Crippen LogP) is 4.48. The summed E-state index contributed by atoms with van der Waals surface area (Å²) in [4.78, 5) is 18.0. The molecule has 9 heteroatoms. The molecular formula is C21H26ClN3O3S2. The van der Waals surface area contributed by atoms with E-state index in [1.54, 1.807) is 30.5 Å². The Bertz CT molecular complexity index is 947. The molecule has 0 spiro atoms. The zero-order valence-corrected chi connectivity index (χ0v) is 19.4. The number of halogens is 1. The zero-order chi connectivity index (χ0) is 21.7. The van der Waals surface area contributed by atoms with Gasteiger partial charge in [0, 0.05) is 12.5 Å². The van der Waals surface area contributed by atoms with Crippen LogP contribution in [0.4, 0.5) is 11.5 Å². The molecule has 1 fully saturated rings. The Hall–Kier alpha value is -1.77. The normalized spacial score (nSPS) is 17.3. The van der Waals surface area contributed by atoms with E-state index in [0.29, 0.717) is 27.3 Å². The molecule has 162 valence electrons. The number of hydrogen-bond donors (Lipinski definition) is 2. The Morgan fingerprint density at radius 2 is 1.93 bits per heavy atom. The lowest BCUT2D eigenvalue weighted by atomic mass is 9.87. The van der Waals surface area contributed by atoms with Crippen LogP contribution in [0, 0.1) is 5.92 Å². The van der Waals surface area contributed by atoms with Gasteiger partial charge in [-0.15, -0.1) is 0 Å². The molecule has 3 rings (SSSR count). The van der Waals surface area contributed by atoms with Crippen molar-refractivity contribution in [2.45, 2.75) is 42.9 Å². The van der Waals surface area contributed by atoms with Crippen molar-refractivity contribution in [1.29, 1.82) is 0 Å². The van der Waals surface area contributed by atoms with Crippen molar-refractivity contribution < 1.29 is 13.2 Å². The van der Waals surface area contributed by atoms with Crippen LogP contribution in [-0.2, 0) is 26.6 Å². The van der Waals surface area contributed by atoms with Gasteiger partial charge < -0.3 is 10.0 Å². The fourth-order valence-electron chi connectivity index (χ4n) is 3.85. The molecule has 1 aliphatic rings. The Balaban J connectivity index is 1.80. The molecule has 0 radical (unpaired) electrons. The second-order valence-electron chi connectivity index (χ2n) is 7.56. The van der Waals surface area contributed by atoms with E-state index in [2.05, 4.69) is 15.0 Å². The first-order chi connectivity index (χ1) is 14.3. The summed E-state index contributed by atoms with van der Waals surface area (Å²) in [6.07, 6.45) is 10.0. The first kappa shape index (κ1) is 22.9. The van der Waals surface area contributed by atoms with Gasteiger partial charge in [0.25, 0.3) is 0 Å². The first-order valence-corrected chi connectivity index (χ1v) is 13.3. The molecule has 1 heterocycles. The number of nitrogens with zero attached hydrogens (tertiary/aromatic N) is 1. The maximum atomic E-state index is 13.2. The summed E-state index contributed by atoms with van der Waals surface area (Å²) in [5.74, 6) is 0.420. The molecule has 1 saturated carbocycles. The van der Waals surface area contributed by atoms with Gasteiger partial charge in [0.1, 0.15) is 16.8 Å². The molecule has 0 saturated heterocycles. The summed E-state index contributed by atoms with van der Waals surface area (Å²) < 4.78 is 25.8. The van der Waals surface area contributed by atoms with Crippen LogP contribution in [-0.4, -0.2) is 31.8 Å². The van der Waals surface area contributed by atoms with Gasteiger partial charge in [0.2, 0.25) is 5.91 Å². The molecule has 30 heavy (non-hydrogen) atoms. The lowest BCUT2D eigenvalue weighted by Gasteiger charge is -2.21. The summed E-state index contributed by atoms with van der Waals surface area (Å²) in [5.41, 5.74) is 1.43. The maximum Gasteiger partial charge on any atom is 0.233 e. The smallest absolute Gasteiger partial charge is 0.233 e. The van der Waals surface area contributed by atoms with Crippen LogP contribution in [0.3, 0.4) is 0 Å². The second kappa shape index (κ2) is 10.5. The van der Waals surface area contributed by atoms with Crippen molar-refractivity contribution in [2.75, 3.05) is 22.6 Å². The monoisotopic (exact) mass is 467 g/mol. The number of benzene rings is 1. The summed E-state index contributed by atoms with van der Waals surface area (Å²) in [7, 11) is -2.37. The maximum absolute atomic E-state index is 13.2. The van der Waals surface area contributed by atoms with E-state index in [-0.39, 0.29) is 11.8 Å². The van der Waals surface area contributed by atoms with Crippen LogP contribution >= 0.6 is 11.6 Å². The molecular weight excluding hydrogens is 442 g/mol. The third-order valence-corrected chi connectivity index (χ3v) is 7.23. The Kier molecular flexibility index (Phi) is 8.02. The van der Waals surface area contributed by atoms with Crippen molar-refractivity contribution in [3.63, 3.8) is 0 Å². The summed E-state index contributed by atoms with van der Waals surface area (Å²) >= 11 is 6.34. The molecule has 6 nitrogen and oxygen atoms in total. The van der Waals surface area contributed by atoms with Gasteiger partial charge in [-0.25, -0.2) is 9.19 Å². The molecule has 2 N–H and O–H groups in total. The highest BCUT2D eigenvalue weighted by Crippen LogP contribution is 2.36. The van der Waals surface area contributed by atoms with Gasteiger partial charge in [-0.3, -0.25) is 9.00 Å². The number of carbonyl (C=O) groups excluding carboxylic acids is 1. The number of rotatable bonds is 8. The van der Waals surface area contributed by atoms with E-state index in [9.17, 15) is 13.2 Å². The number of pyridine rings is 1. The largest absolute Gasteiger partial charge is 0.310 e. The predicted molar refractivity (Wildman–Crippen MR) is 124 cm³/mol. The number of hydrogen-bond acceptors (Lipinski definition) is 4. The number of carbonyl (C=O) groups is 1. The number of aromatic nitrogens is 1. The molecule has 0 aliphatic heterocycles. The van der Waals surface area contributed by atoms with Gasteiger partial charge in [-0.05, 0) is 42.2 Å². The topological polar surface area (TPSA) is 88.2 Å². The highest BCUT2D eigenvalue weighted by molar-refractivity contribution is 7.85. The highest BCUT2D eigenvalue weighted by atomic mass is 35.5. The zero-order valence-electron chi connectivity index (χ0n) is 17.0. The SMILES string of the molecule is CS(=O)Nc1ccc(NC(=O)C(CC2CCCC2)c2ccc(S(C)=O)c(Cl)c2)nc1. The standard InChI is InChI=1S/C21H26ClN3O3S2/c1-29(27)19-9-7-15(12-18(19)22)17(11-14-5-3-4-6-14)21(26)24-20-10-8-16(13-23-20)25-30(2)28/h7-10,12-14,17,25H,3-6,11H2,1-2H3,(H,23,24,26). The fourth-order valence-corrected chi connectivity index (χ4v) is 5.41. The van der Waals surface area contributed by atoms with E-state index >= 15 is 0 Å². The third kappa shape index (κ3) is 6.12. The van der Waals surface area contributed by atoms with E-state index in [1.165, 1.54) is 25.3 Å².